The molecule has 0 fully saturated rings. The van der Waals surface area contributed by atoms with E-state index in [0.29, 0.717) is 10.0 Å². The van der Waals surface area contributed by atoms with Crippen LogP contribution in [-0.4, -0.2) is 37.2 Å². The number of benzene rings is 1. The summed E-state index contributed by atoms with van der Waals surface area (Å²) in [6, 6.07) is 2.44. The first-order valence-corrected chi connectivity index (χ1v) is 8.55. The molecule has 1 atom stereocenters. The van der Waals surface area contributed by atoms with Gasteiger partial charge in [-0.1, -0.05) is 29.8 Å². The molecule has 0 aliphatic heterocycles. The highest BCUT2D eigenvalue weighted by Crippen LogP contribution is 2.25. The molecule has 0 bridgehead atoms. The molecule has 0 aliphatic carbocycles. The molecule has 6 nitrogen and oxygen atoms in total. The molecule has 21 heavy (non-hydrogen) atoms. The number of carboxylic acid groups (broad SMARTS) is 1. The molecule has 0 amide bonds. The van der Waals surface area contributed by atoms with Gasteiger partial charge in [0.2, 0.25) is 10.0 Å². The largest absolute Gasteiger partial charge is 0.478 e. The zero-order valence-electron chi connectivity index (χ0n) is 11.9. The van der Waals surface area contributed by atoms with Crippen LogP contribution in [0.1, 0.15) is 29.8 Å². The summed E-state index contributed by atoms with van der Waals surface area (Å²) in [6.07, 6.45) is -0.812. The fraction of sp³-hybridized carbons (Fsp3) is 0.462. The van der Waals surface area contributed by atoms with Crippen LogP contribution in [0.4, 0.5) is 0 Å². The van der Waals surface area contributed by atoms with E-state index in [1.54, 1.807) is 20.8 Å². The summed E-state index contributed by atoms with van der Waals surface area (Å²) in [5.74, 6) is -1.29. The van der Waals surface area contributed by atoms with Crippen LogP contribution in [0.5, 0.6) is 0 Å². The molecule has 1 unspecified atom stereocenters. The van der Waals surface area contributed by atoms with Crippen molar-refractivity contribution >= 4 is 31.9 Å². The fourth-order valence-corrected chi connectivity index (χ4v) is 3.26. The summed E-state index contributed by atoms with van der Waals surface area (Å²) in [4.78, 5) is 11.0. The van der Waals surface area contributed by atoms with Crippen LogP contribution < -0.4 is 4.72 Å². The molecule has 0 spiro atoms. The van der Waals surface area contributed by atoms with Crippen molar-refractivity contribution in [3.63, 3.8) is 0 Å². The van der Waals surface area contributed by atoms with Crippen LogP contribution in [0.25, 0.3) is 0 Å². The highest BCUT2D eigenvalue weighted by atomic mass is 79.9. The van der Waals surface area contributed by atoms with E-state index in [2.05, 4.69) is 20.7 Å². The van der Waals surface area contributed by atoms with Crippen LogP contribution in [0.15, 0.2) is 21.5 Å². The first kappa shape index (κ1) is 18.1. The maximum Gasteiger partial charge on any atom is 0.336 e. The Hall–Kier alpha value is -0.960. The monoisotopic (exact) mass is 379 g/mol. The van der Waals surface area contributed by atoms with E-state index < -0.39 is 22.1 Å². The lowest BCUT2D eigenvalue weighted by Gasteiger charge is -2.16. The number of rotatable bonds is 6. The molecule has 1 aromatic rings. The molecule has 0 saturated carbocycles. The number of aliphatic hydroxyl groups is 1. The van der Waals surface area contributed by atoms with Crippen LogP contribution >= 0.6 is 15.9 Å². The van der Waals surface area contributed by atoms with E-state index in [-0.39, 0.29) is 22.9 Å². The summed E-state index contributed by atoms with van der Waals surface area (Å²) >= 11 is 3.16. The van der Waals surface area contributed by atoms with E-state index in [0.717, 1.165) is 6.07 Å². The maximum atomic E-state index is 12.2. The highest BCUT2D eigenvalue weighted by molar-refractivity contribution is 9.10. The van der Waals surface area contributed by atoms with Gasteiger partial charge >= 0.3 is 5.97 Å². The molecule has 0 radical (unpaired) electrons. The SMILES string of the molecule is Cc1c(Br)cc(S(=O)(=O)NCC(O)C(C)C)cc1C(=O)O. The lowest BCUT2D eigenvalue weighted by atomic mass is 10.1. The van der Waals surface area contributed by atoms with Crippen molar-refractivity contribution in [2.75, 3.05) is 6.54 Å². The van der Waals surface area contributed by atoms with E-state index in [4.69, 9.17) is 5.11 Å². The Morgan fingerprint density at radius 1 is 1.38 bits per heavy atom. The second-order valence-electron chi connectivity index (χ2n) is 5.05. The van der Waals surface area contributed by atoms with Gasteiger partial charge in [0, 0.05) is 11.0 Å². The number of aromatic carboxylic acids is 1. The normalized spacial score (nSPS) is 13.4. The number of carbonyl (C=O) groups is 1. The number of nitrogens with one attached hydrogen (secondary N) is 1. The fourth-order valence-electron chi connectivity index (χ4n) is 1.55. The number of carboxylic acids is 1. The van der Waals surface area contributed by atoms with Gasteiger partial charge in [-0.25, -0.2) is 17.9 Å². The van der Waals surface area contributed by atoms with Crippen LogP contribution in [0.3, 0.4) is 0 Å². The van der Waals surface area contributed by atoms with Crippen molar-refractivity contribution in [1.29, 1.82) is 0 Å². The minimum Gasteiger partial charge on any atom is -0.478 e. The van der Waals surface area contributed by atoms with Crippen LogP contribution in [-0.2, 0) is 10.0 Å². The topological polar surface area (TPSA) is 104 Å². The predicted octanol–water partition coefficient (Wildman–Crippen LogP) is 1.75. The van der Waals surface area contributed by atoms with Crippen molar-refractivity contribution in [3.8, 4) is 0 Å². The van der Waals surface area contributed by atoms with Gasteiger partial charge in [0.1, 0.15) is 0 Å². The van der Waals surface area contributed by atoms with Gasteiger partial charge in [-0.05, 0) is 30.5 Å². The Kier molecular flexibility index (Phi) is 5.92. The Balaban J connectivity index is 3.12. The number of hydrogen-bond donors (Lipinski definition) is 3. The lowest BCUT2D eigenvalue weighted by molar-refractivity contribution is 0.0695. The predicted molar refractivity (Wildman–Crippen MR) is 81.9 cm³/mol. The molecular weight excluding hydrogens is 362 g/mol. The third kappa shape index (κ3) is 4.50. The number of halogens is 1. The van der Waals surface area contributed by atoms with Gasteiger partial charge in [-0.15, -0.1) is 0 Å². The number of hydrogen-bond acceptors (Lipinski definition) is 4. The van der Waals surface area contributed by atoms with Crippen molar-refractivity contribution in [2.45, 2.75) is 31.8 Å². The smallest absolute Gasteiger partial charge is 0.336 e. The second-order valence-corrected chi connectivity index (χ2v) is 7.67. The first-order chi connectivity index (χ1) is 9.56. The third-order valence-corrected chi connectivity index (χ3v) is 5.34. The number of aliphatic hydroxyl groups excluding tert-OH is 1. The van der Waals surface area contributed by atoms with Crippen molar-refractivity contribution < 1.29 is 23.4 Å². The molecule has 0 heterocycles. The lowest BCUT2D eigenvalue weighted by Crippen LogP contribution is -2.34. The quantitative estimate of drug-likeness (QED) is 0.698. The average molecular weight is 380 g/mol. The summed E-state index contributed by atoms with van der Waals surface area (Å²) in [6.45, 7) is 4.99. The standard InChI is InChI=1S/C13H18BrNO5S/c1-7(2)12(16)6-15-21(19,20)9-4-10(13(17)18)8(3)11(14)5-9/h4-5,7,12,15-16H,6H2,1-3H3,(H,17,18). The maximum absolute atomic E-state index is 12.2. The summed E-state index contributed by atoms with van der Waals surface area (Å²) in [5.41, 5.74) is 0.359. The van der Waals surface area contributed by atoms with Gasteiger partial charge in [-0.2, -0.15) is 0 Å². The van der Waals surface area contributed by atoms with Gasteiger partial charge in [0.15, 0.2) is 0 Å². The molecule has 0 aliphatic rings. The first-order valence-electron chi connectivity index (χ1n) is 6.27. The van der Waals surface area contributed by atoms with E-state index in [1.807, 2.05) is 0 Å². The van der Waals surface area contributed by atoms with Crippen LogP contribution in [0.2, 0.25) is 0 Å². The van der Waals surface area contributed by atoms with Gasteiger partial charge in [0.25, 0.3) is 0 Å². The molecule has 118 valence electrons. The van der Waals surface area contributed by atoms with E-state index >= 15 is 0 Å². The van der Waals surface area contributed by atoms with Gasteiger partial charge in [-0.3, -0.25) is 0 Å². The summed E-state index contributed by atoms with van der Waals surface area (Å²) < 4.78 is 27.0. The Labute approximate surface area is 132 Å². The molecule has 0 aromatic heterocycles. The summed E-state index contributed by atoms with van der Waals surface area (Å²) in [7, 11) is -3.89. The van der Waals surface area contributed by atoms with E-state index in [9.17, 15) is 18.3 Å². The van der Waals surface area contributed by atoms with Crippen LogP contribution in [0, 0.1) is 12.8 Å². The highest BCUT2D eigenvalue weighted by Gasteiger charge is 2.21. The summed E-state index contributed by atoms with van der Waals surface area (Å²) in [5, 5.41) is 18.7. The molecular formula is C13H18BrNO5S. The van der Waals surface area contributed by atoms with Crippen molar-refractivity contribution in [1.82, 2.24) is 4.72 Å². The Morgan fingerprint density at radius 2 is 1.95 bits per heavy atom. The minimum atomic E-state index is -3.89. The molecule has 1 rings (SSSR count). The van der Waals surface area contributed by atoms with Crippen molar-refractivity contribution in [2.24, 2.45) is 5.92 Å². The Bertz CT molecular complexity index is 642. The zero-order chi connectivity index (χ0) is 16.4. The van der Waals surface area contributed by atoms with Gasteiger partial charge in [0.05, 0.1) is 16.6 Å². The zero-order valence-corrected chi connectivity index (χ0v) is 14.3. The Morgan fingerprint density at radius 3 is 2.43 bits per heavy atom. The molecule has 1 aromatic carbocycles. The minimum absolute atomic E-state index is 0.0887. The molecule has 8 heteroatoms. The second kappa shape index (κ2) is 6.87. The molecule has 3 N–H and O–H groups in total. The third-order valence-electron chi connectivity index (χ3n) is 3.11. The van der Waals surface area contributed by atoms with Gasteiger partial charge < -0.3 is 10.2 Å². The van der Waals surface area contributed by atoms with E-state index in [1.165, 1.54) is 6.07 Å². The average Bonchev–Trinajstić information content (AvgIpc) is 2.38. The van der Waals surface area contributed by atoms with Crippen molar-refractivity contribution in [3.05, 3.63) is 27.7 Å². The molecule has 0 saturated heterocycles. The number of sulfonamides is 1.